The molecule has 0 bridgehead atoms. The van der Waals surface area contributed by atoms with E-state index in [4.69, 9.17) is 10.5 Å². The summed E-state index contributed by atoms with van der Waals surface area (Å²) in [5.74, 6) is -2.30. The highest BCUT2D eigenvalue weighted by molar-refractivity contribution is 5.53. The molecular weight excluding hydrogens is 216 g/mol. The molecule has 3 nitrogen and oxygen atoms in total. The van der Waals surface area contributed by atoms with E-state index in [9.17, 15) is 13.9 Å². The monoisotopic (exact) mass is 229 g/mol. The van der Waals surface area contributed by atoms with E-state index in [1.54, 1.807) is 0 Å². The molecule has 1 aromatic rings. The summed E-state index contributed by atoms with van der Waals surface area (Å²) in [6, 6.07) is 2.22. The summed E-state index contributed by atoms with van der Waals surface area (Å²) in [5.41, 5.74) is 5.58. The highest BCUT2D eigenvalue weighted by Gasteiger charge is 2.26. The minimum absolute atomic E-state index is 0.0697. The number of ether oxygens (including phenoxy) is 1. The van der Waals surface area contributed by atoms with E-state index < -0.39 is 17.7 Å². The van der Waals surface area contributed by atoms with Crippen molar-refractivity contribution < 1.29 is 18.6 Å². The zero-order valence-corrected chi connectivity index (χ0v) is 8.62. The van der Waals surface area contributed by atoms with Crippen molar-refractivity contribution in [3.63, 3.8) is 0 Å². The summed E-state index contributed by atoms with van der Waals surface area (Å²) < 4.78 is 31.6. The smallest absolute Gasteiger partial charge is 0.202 e. The lowest BCUT2D eigenvalue weighted by atomic mass is 10.2. The first-order valence-electron chi connectivity index (χ1n) is 5.16. The van der Waals surface area contributed by atoms with Crippen molar-refractivity contribution in [2.24, 2.45) is 0 Å². The summed E-state index contributed by atoms with van der Waals surface area (Å²) in [7, 11) is 0. The molecule has 2 rings (SSSR count). The number of nitrogen functional groups attached to an aromatic ring is 1. The van der Waals surface area contributed by atoms with Crippen LogP contribution in [-0.2, 0) is 0 Å². The van der Waals surface area contributed by atoms with Crippen molar-refractivity contribution in [2.45, 2.75) is 31.5 Å². The number of anilines is 1. The van der Waals surface area contributed by atoms with Gasteiger partial charge in [0.25, 0.3) is 0 Å². The Hall–Kier alpha value is -1.36. The number of benzene rings is 1. The first-order chi connectivity index (χ1) is 7.58. The Morgan fingerprint density at radius 1 is 1.31 bits per heavy atom. The van der Waals surface area contributed by atoms with Crippen LogP contribution in [0.3, 0.4) is 0 Å². The minimum Gasteiger partial charge on any atom is -0.485 e. The fourth-order valence-electron chi connectivity index (χ4n) is 1.86. The van der Waals surface area contributed by atoms with Crippen LogP contribution in [0.25, 0.3) is 0 Å². The Morgan fingerprint density at radius 2 is 2.06 bits per heavy atom. The maximum Gasteiger partial charge on any atom is 0.202 e. The second-order valence-corrected chi connectivity index (χ2v) is 3.99. The molecule has 1 aliphatic carbocycles. The lowest BCUT2D eigenvalue weighted by Gasteiger charge is -2.15. The second-order valence-electron chi connectivity index (χ2n) is 3.99. The fraction of sp³-hybridized carbons (Fsp3) is 0.455. The summed E-state index contributed by atoms with van der Waals surface area (Å²) in [5, 5.41) is 9.29. The van der Waals surface area contributed by atoms with Gasteiger partial charge in [-0.3, -0.25) is 0 Å². The van der Waals surface area contributed by atoms with Crippen LogP contribution in [0, 0.1) is 11.6 Å². The average molecular weight is 229 g/mol. The summed E-state index contributed by atoms with van der Waals surface area (Å²) >= 11 is 0. The third-order valence-corrected chi connectivity index (χ3v) is 2.72. The summed E-state index contributed by atoms with van der Waals surface area (Å²) in [6.45, 7) is 0. The molecule has 3 N–H and O–H groups in total. The standard InChI is InChI=1S/C11H13F2NO2/c12-8-3-4-9(14)11(10(8)13)16-7-2-1-6(15)5-7/h3-4,6-7,15H,1-2,5,14H2. The van der Waals surface area contributed by atoms with E-state index >= 15 is 0 Å². The lowest BCUT2D eigenvalue weighted by molar-refractivity contribution is 0.146. The first kappa shape index (κ1) is 11.1. The van der Waals surface area contributed by atoms with Crippen LogP contribution in [0.2, 0.25) is 0 Å². The second kappa shape index (κ2) is 4.25. The maximum atomic E-state index is 13.4. The van der Waals surface area contributed by atoms with E-state index in [0.717, 1.165) is 6.07 Å². The topological polar surface area (TPSA) is 55.5 Å². The van der Waals surface area contributed by atoms with Crippen molar-refractivity contribution in [3.8, 4) is 5.75 Å². The van der Waals surface area contributed by atoms with E-state index in [2.05, 4.69) is 0 Å². The number of rotatable bonds is 2. The van der Waals surface area contributed by atoms with Crippen LogP contribution in [0.1, 0.15) is 19.3 Å². The third kappa shape index (κ3) is 2.09. The van der Waals surface area contributed by atoms with Gasteiger partial charge in [0.15, 0.2) is 11.6 Å². The highest BCUT2D eigenvalue weighted by atomic mass is 19.2. The molecular formula is C11H13F2NO2. The molecule has 16 heavy (non-hydrogen) atoms. The van der Waals surface area contributed by atoms with Crippen molar-refractivity contribution in [2.75, 3.05) is 5.73 Å². The predicted molar refractivity (Wildman–Crippen MR) is 55.0 cm³/mol. The average Bonchev–Trinajstić information content (AvgIpc) is 2.65. The molecule has 5 heteroatoms. The van der Waals surface area contributed by atoms with Crippen LogP contribution in [0.4, 0.5) is 14.5 Å². The third-order valence-electron chi connectivity index (χ3n) is 2.72. The van der Waals surface area contributed by atoms with Crippen LogP contribution < -0.4 is 10.5 Å². The highest BCUT2D eigenvalue weighted by Crippen LogP contribution is 2.31. The van der Waals surface area contributed by atoms with Crippen LogP contribution >= 0.6 is 0 Å². The van der Waals surface area contributed by atoms with E-state index in [-0.39, 0.29) is 17.5 Å². The van der Waals surface area contributed by atoms with Gasteiger partial charge in [0.2, 0.25) is 5.82 Å². The first-order valence-corrected chi connectivity index (χ1v) is 5.16. The molecule has 1 aromatic carbocycles. The van der Waals surface area contributed by atoms with Gasteiger partial charge in [0.05, 0.1) is 11.8 Å². The van der Waals surface area contributed by atoms with E-state index in [0.29, 0.717) is 19.3 Å². The van der Waals surface area contributed by atoms with Crippen LogP contribution in [0.5, 0.6) is 5.75 Å². The zero-order valence-electron chi connectivity index (χ0n) is 8.62. The Labute approximate surface area is 91.8 Å². The lowest BCUT2D eigenvalue weighted by Crippen LogP contribution is -2.15. The van der Waals surface area contributed by atoms with Crippen molar-refractivity contribution in [3.05, 3.63) is 23.8 Å². The number of halogens is 2. The van der Waals surface area contributed by atoms with Gasteiger partial charge in [-0.25, -0.2) is 4.39 Å². The van der Waals surface area contributed by atoms with Gasteiger partial charge in [-0.1, -0.05) is 0 Å². The Kier molecular flexibility index (Phi) is 2.96. The predicted octanol–water partition coefficient (Wildman–Crippen LogP) is 1.84. The van der Waals surface area contributed by atoms with Gasteiger partial charge in [0.1, 0.15) is 6.10 Å². The molecule has 0 spiro atoms. The molecule has 0 heterocycles. The molecule has 1 aliphatic rings. The largest absolute Gasteiger partial charge is 0.485 e. The SMILES string of the molecule is Nc1ccc(F)c(F)c1OC1CCC(O)C1. The van der Waals surface area contributed by atoms with Crippen molar-refractivity contribution in [1.82, 2.24) is 0 Å². The van der Waals surface area contributed by atoms with Crippen molar-refractivity contribution >= 4 is 5.69 Å². The Balaban J connectivity index is 2.18. The molecule has 88 valence electrons. The summed E-state index contributed by atoms with van der Waals surface area (Å²) in [4.78, 5) is 0. The molecule has 0 amide bonds. The normalized spacial score (nSPS) is 24.7. The number of hydrogen-bond acceptors (Lipinski definition) is 3. The van der Waals surface area contributed by atoms with Gasteiger partial charge < -0.3 is 15.6 Å². The number of aliphatic hydroxyl groups is 1. The van der Waals surface area contributed by atoms with E-state index in [1.807, 2.05) is 0 Å². The Bertz CT molecular complexity index is 398. The minimum atomic E-state index is -1.07. The summed E-state index contributed by atoms with van der Waals surface area (Å²) in [6.07, 6.45) is 0.935. The number of nitrogens with two attached hydrogens (primary N) is 1. The number of hydrogen-bond donors (Lipinski definition) is 2. The molecule has 0 aliphatic heterocycles. The molecule has 1 saturated carbocycles. The van der Waals surface area contributed by atoms with Crippen LogP contribution in [0.15, 0.2) is 12.1 Å². The van der Waals surface area contributed by atoms with Gasteiger partial charge >= 0.3 is 0 Å². The van der Waals surface area contributed by atoms with E-state index in [1.165, 1.54) is 6.07 Å². The van der Waals surface area contributed by atoms with Gasteiger partial charge in [-0.05, 0) is 25.0 Å². The van der Waals surface area contributed by atoms with Crippen LogP contribution in [-0.4, -0.2) is 17.3 Å². The molecule has 1 fully saturated rings. The van der Waals surface area contributed by atoms with Gasteiger partial charge in [-0.2, -0.15) is 4.39 Å². The maximum absolute atomic E-state index is 13.4. The molecule has 0 radical (unpaired) electrons. The van der Waals surface area contributed by atoms with Crippen molar-refractivity contribution in [1.29, 1.82) is 0 Å². The molecule has 2 atom stereocenters. The van der Waals surface area contributed by atoms with Gasteiger partial charge in [-0.15, -0.1) is 0 Å². The molecule has 2 unspecified atom stereocenters. The van der Waals surface area contributed by atoms with Gasteiger partial charge in [0, 0.05) is 6.42 Å². The number of aliphatic hydroxyl groups excluding tert-OH is 1. The Morgan fingerprint density at radius 3 is 2.69 bits per heavy atom. The molecule has 0 aromatic heterocycles. The quantitative estimate of drug-likeness (QED) is 0.761. The molecule has 0 saturated heterocycles. The zero-order chi connectivity index (χ0) is 11.7. The fourth-order valence-corrected chi connectivity index (χ4v) is 1.86.